The molecule has 4 rings (SSSR count). The van der Waals surface area contributed by atoms with Gasteiger partial charge in [0.05, 0.1) is 40.6 Å². The second-order valence-electron chi connectivity index (χ2n) is 8.04. The molecule has 0 aliphatic carbocycles. The van der Waals surface area contributed by atoms with Crippen LogP contribution in [0, 0.1) is 0 Å². The number of hydrogen-bond donors (Lipinski definition) is 4. The molecule has 182 valence electrons. The van der Waals surface area contributed by atoms with Crippen LogP contribution in [0.1, 0.15) is 36.9 Å². The molecule has 1 fully saturated rings. The first kappa shape index (κ1) is 23.8. The van der Waals surface area contributed by atoms with Gasteiger partial charge in [0.25, 0.3) is 10.2 Å². The summed E-state index contributed by atoms with van der Waals surface area (Å²) in [6.07, 6.45) is 0.521. The summed E-state index contributed by atoms with van der Waals surface area (Å²) >= 11 is 0. The van der Waals surface area contributed by atoms with Crippen LogP contribution in [-0.4, -0.2) is 36.5 Å². The van der Waals surface area contributed by atoms with Crippen molar-refractivity contribution in [2.24, 2.45) is 5.14 Å². The maximum atomic E-state index is 13.3. The molecule has 6 N–H and O–H groups in total. The van der Waals surface area contributed by atoms with Gasteiger partial charge in [-0.3, -0.25) is 4.98 Å². The van der Waals surface area contributed by atoms with E-state index in [0.717, 1.165) is 43.8 Å². The van der Waals surface area contributed by atoms with E-state index < -0.39 is 28.0 Å². The zero-order chi connectivity index (χ0) is 24.7. The number of aromatic nitrogens is 3. The van der Waals surface area contributed by atoms with Gasteiger partial charge in [0.1, 0.15) is 5.82 Å². The molecule has 1 saturated heterocycles. The Labute approximate surface area is 193 Å². The Balaban J connectivity index is 1.82. The molecule has 34 heavy (non-hydrogen) atoms. The van der Waals surface area contributed by atoms with Gasteiger partial charge in [-0.15, -0.1) is 0 Å². The number of anilines is 4. The molecule has 0 unspecified atom stereocenters. The van der Waals surface area contributed by atoms with E-state index in [9.17, 15) is 21.6 Å². The van der Waals surface area contributed by atoms with Gasteiger partial charge in [0, 0.05) is 18.8 Å². The molecule has 2 aromatic heterocycles. The first-order chi connectivity index (χ1) is 15.9. The fraction of sp³-hybridized carbons (Fsp3) is 0.350. The lowest BCUT2D eigenvalue weighted by atomic mass is 10.0. The molecule has 0 radical (unpaired) electrons. The number of rotatable bonds is 6. The molecular formula is C20H23F3N8O2S. The van der Waals surface area contributed by atoms with Crippen LogP contribution in [-0.2, 0) is 16.4 Å². The predicted octanol–water partition coefficient (Wildman–Crippen LogP) is 3.01. The fourth-order valence-electron chi connectivity index (χ4n) is 3.92. The number of pyridine rings is 1. The summed E-state index contributed by atoms with van der Waals surface area (Å²) in [5.74, 6) is -0.0856. The van der Waals surface area contributed by atoms with Gasteiger partial charge < -0.3 is 16.0 Å². The van der Waals surface area contributed by atoms with Gasteiger partial charge in [0.15, 0.2) is 0 Å². The van der Waals surface area contributed by atoms with Crippen molar-refractivity contribution in [3.63, 3.8) is 0 Å². The number of alkyl halides is 3. The summed E-state index contributed by atoms with van der Waals surface area (Å²) in [4.78, 5) is 14.8. The van der Waals surface area contributed by atoms with Crippen LogP contribution in [0.4, 0.5) is 36.3 Å². The number of halogens is 3. The summed E-state index contributed by atoms with van der Waals surface area (Å²) < 4.78 is 65.0. The standard InChI is InChI=1S/C20H23F3N8O2S/c1-11(12-6-13(20(21,22)23)8-14(24)7-12)27-18-17-15(28-19(29-18)30-34(25,32)33)9-26-10-16(17)31-4-2-3-5-31/h6-11H,2-5,24H2,1H3,(H2,25,32,33)(H2,27,28,29,30)/t11-/m1/s1. The highest BCUT2D eigenvalue weighted by molar-refractivity contribution is 7.90. The van der Waals surface area contributed by atoms with Crippen molar-refractivity contribution in [2.75, 3.05) is 33.8 Å². The van der Waals surface area contributed by atoms with Gasteiger partial charge in [-0.05, 0) is 43.5 Å². The van der Waals surface area contributed by atoms with Crippen molar-refractivity contribution < 1.29 is 21.6 Å². The first-order valence-electron chi connectivity index (χ1n) is 10.4. The molecule has 1 aromatic carbocycles. The number of hydrogen-bond acceptors (Lipinski definition) is 8. The summed E-state index contributed by atoms with van der Waals surface area (Å²) in [5, 5.41) is 8.73. The van der Waals surface area contributed by atoms with E-state index in [1.807, 2.05) is 4.72 Å². The zero-order valence-electron chi connectivity index (χ0n) is 18.1. The lowest BCUT2D eigenvalue weighted by Gasteiger charge is -2.23. The van der Waals surface area contributed by atoms with Crippen LogP contribution in [0.3, 0.4) is 0 Å². The van der Waals surface area contributed by atoms with E-state index >= 15 is 0 Å². The van der Waals surface area contributed by atoms with Crippen molar-refractivity contribution >= 4 is 44.3 Å². The Morgan fingerprint density at radius 2 is 1.82 bits per heavy atom. The quantitative estimate of drug-likeness (QED) is 0.380. The van der Waals surface area contributed by atoms with E-state index in [0.29, 0.717) is 10.9 Å². The summed E-state index contributed by atoms with van der Waals surface area (Å²) in [7, 11) is -4.17. The third kappa shape index (κ3) is 5.22. The molecule has 0 bridgehead atoms. The molecule has 0 saturated carbocycles. The Morgan fingerprint density at radius 1 is 1.12 bits per heavy atom. The van der Waals surface area contributed by atoms with Gasteiger partial charge in [0.2, 0.25) is 5.95 Å². The molecule has 1 atom stereocenters. The van der Waals surface area contributed by atoms with Crippen LogP contribution in [0.25, 0.3) is 10.9 Å². The third-order valence-corrected chi connectivity index (χ3v) is 5.89. The molecule has 1 aliphatic rings. The summed E-state index contributed by atoms with van der Waals surface area (Å²) in [5.41, 5.74) is 6.15. The highest BCUT2D eigenvalue weighted by Crippen LogP contribution is 2.36. The maximum absolute atomic E-state index is 13.3. The van der Waals surface area contributed by atoms with Gasteiger partial charge >= 0.3 is 6.18 Å². The minimum absolute atomic E-state index is 0.0374. The largest absolute Gasteiger partial charge is 0.416 e. The summed E-state index contributed by atoms with van der Waals surface area (Å²) in [6.45, 7) is 3.22. The zero-order valence-corrected chi connectivity index (χ0v) is 18.9. The molecule has 3 heterocycles. The van der Waals surface area contributed by atoms with Gasteiger partial charge in [-0.25, -0.2) is 14.8 Å². The second kappa shape index (κ2) is 8.76. The molecular weight excluding hydrogens is 473 g/mol. The molecule has 10 nitrogen and oxygen atoms in total. The minimum Gasteiger partial charge on any atom is -0.399 e. The van der Waals surface area contributed by atoms with Crippen molar-refractivity contribution in [3.8, 4) is 0 Å². The number of nitrogens with one attached hydrogen (secondary N) is 2. The summed E-state index contributed by atoms with van der Waals surface area (Å²) in [6, 6.07) is 2.62. The van der Waals surface area contributed by atoms with Crippen LogP contribution in [0.5, 0.6) is 0 Å². The highest BCUT2D eigenvalue weighted by Gasteiger charge is 2.31. The lowest BCUT2D eigenvalue weighted by molar-refractivity contribution is -0.137. The maximum Gasteiger partial charge on any atom is 0.416 e. The molecule has 0 spiro atoms. The van der Waals surface area contributed by atoms with Crippen molar-refractivity contribution in [3.05, 3.63) is 41.7 Å². The molecule has 3 aromatic rings. The van der Waals surface area contributed by atoms with Gasteiger partial charge in [-0.2, -0.15) is 26.6 Å². The van der Waals surface area contributed by atoms with Crippen LogP contribution < -0.4 is 25.8 Å². The lowest BCUT2D eigenvalue weighted by Crippen LogP contribution is -2.24. The Kier molecular flexibility index (Phi) is 6.12. The fourth-order valence-corrected chi connectivity index (χ4v) is 4.27. The number of nitrogens with zero attached hydrogens (tertiary/aromatic N) is 4. The van der Waals surface area contributed by atoms with E-state index in [2.05, 4.69) is 25.2 Å². The normalized spacial score (nSPS) is 15.5. The Morgan fingerprint density at radius 3 is 2.47 bits per heavy atom. The molecule has 14 heteroatoms. The minimum atomic E-state index is -4.56. The van der Waals surface area contributed by atoms with Crippen LogP contribution >= 0.6 is 0 Å². The number of nitrogens with two attached hydrogens (primary N) is 2. The Hall–Kier alpha value is -3.39. The predicted molar refractivity (Wildman–Crippen MR) is 123 cm³/mol. The molecule has 0 amide bonds. The number of nitrogen functional groups attached to an aromatic ring is 1. The Bertz CT molecular complexity index is 1330. The average Bonchev–Trinajstić information content (AvgIpc) is 3.25. The van der Waals surface area contributed by atoms with Crippen molar-refractivity contribution in [1.82, 2.24) is 15.0 Å². The van der Waals surface area contributed by atoms with Crippen molar-refractivity contribution in [2.45, 2.75) is 32.0 Å². The highest BCUT2D eigenvalue weighted by atomic mass is 32.2. The first-order valence-corrected chi connectivity index (χ1v) is 11.9. The smallest absolute Gasteiger partial charge is 0.399 e. The second-order valence-corrected chi connectivity index (χ2v) is 9.34. The van der Waals surface area contributed by atoms with E-state index in [4.69, 9.17) is 10.9 Å². The van der Waals surface area contributed by atoms with E-state index in [1.165, 1.54) is 12.3 Å². The van der Waals surface area contributed by atoms with Gasteiger partial charge in [-0.1, -0.05) is 0 Å². The average molecular weight is 497 g/mol. The molecule has 1 aliphatic heterocycles. The number of fused-ring (bicyclic) bond motifs is 1. The van der Waals surface area contributed by atoms with Crippen LogP contribution in [0.2, 0.25) is 0 Å². The number of benzene rings is 1. The topological polar surface area (TPSA) is 152 Å². The third-order valence-electron chi connectivity index (χ3n) is 5.43. The van der Waals surface area contributed by atoms with Crippen molar-refractivity contribution in [1.29, 1.82) is 0 Å². The monoisotopic (exact) mass is 496 g/mol. The van der Waals surface area contributed by atoms with E-state index in [1.54, 1.807) is 13.1 Å². The van der Waals surface area contributed by atoms with Crippen LogP contribution in [0.15, 0.2) is 30.6 Å². The SMILES string of the molecule is C[C@@H](Nc1nc(NS(N)(=O)=O)nc2cncc(N3CCCC3)c12)c1cc(N)cc(C(F)(F)F)c1. The van der Waals surface area contributed by atoms with E-state index in [-0.39, 0.29) is 23.0 Å².